The van der Waals surface area contributed by atoms with Crippen LogP contribution in [0.15, 0.2) is 79.0 Å². The summed E-state index contributed by atoms with van der Waals surface area (Å²) >= 11 is 0. The number of rotatable bonds is 7. The molecule has 0 aliphatic carbocycles. The molecule has 212 valence electrons. The minimum atomic E-state index is -4.59. The fourth-order valence-corrected chi connectivity index (χ4v) is 4.15. The molecule has 1 saturated heterocycles. The van der Waals surface area contributed by atoms with Gasteiger partial charge >= 0.3 is 12.2 Å². The molecule has 1 aliphatic heterocycles. The lowest BCUT2D eigenvalue weighted by molar-refractivity contribution is -0.137. The van der Waals surface area contributed by atoms with Crippen molar-refractivity contribution in [1.82, 2.24) is 9.97 Å². The average molecular weight is 567 g/mol. The molecular weight excluding hydrogens is 541 g/mol. The van der Waals surface area contributed by atoms with Crippen LogP contribution in [-0.2, 0) is 10.9 Å². The maximum Gasteiger partial charge on any atom is 0.418 e. The molecule has 2 heterocycles. The third kappa shape index (κ3) is 7.13. The highest BCUT2D eigenvalue weighted by Gasteiger charge is 2.36. The molecule has 4 N–H and O–H groups in total. The Hall–Kier alpha value is -5.04. The number of halogens is 3. The van der Waals surface area contributed by atoms with Crippen LogP contribution in [0.25, 0.3) is 0 Å². The van der Waals surface area contributed by atoms with Crippen molar-refractivity contribution < 1.29 is 32.5 Å². The quantitative estimate of drug-likeness (QED) is 0.195. The van der Waals surface area contributed by atoms with E-state index in [0.29, 0.717) is 17.1 Å². The molecular formula is C28H25F3N6O4. The van der Waals surface area contributed by atoms with Crippen LogP contribution in [0.4, 0.5) is 46.7 Å². The standard InChI is InChI=1S/C28H25F3N6O4/c29-28(30,31)22-2-1-3-23(25(22)37-14-16-40-17-15-37)35-27(39)34-19-6-10-21(11-7-19)41-24-12-13-32-26(36-24)33-18-4-8-20(38)9-5-18/h1-13,38H,14-17H2,(H,32,33,36)(H2,34,35,39). The number of hydrogen-bond donors (Lipinski definition) is 4. The summed E-state index contributed by atoms with van der Waals surface area (Å²) in [5.74, 6) is 1.11. The van der Waals surface area contributed by atoms with E-state index in [4.69, 9.17) is 9.47 Å². The van der Waals surface area contributed by atoms with E-state index in [0.717, 1.165) is 6.07 Å². The first-order valence-electron chi connectivity index (χ1n) is 12.5. The predicted octanol–water partition coefficient (Wildman–Crippen LogP) is 6.22. The second-order valence-electron chi connectivity index (χ2n) is 8.89. The number of alkyl halides is 3. The van der Waals surface area contributed by atoms with Crippen molar-refractivity contribution in [3.63, 3.8) is 0 Å². The summed E-state index contributed by atoms with van der Waals surface area (Å²) in [6, 6.07) is 17.3. The molecule has 5 rings (SSSR count). The Labute approximate surface area is 232 Å². The van der Waals surface area contributed by atoms with E-state index in [1.54, 1.807) is 47.4 Å². The van der Waals surface area contributed by atoms with Gasteiger partial charge in [-0.3, -0.25) is 0 Å². The smallest absolute Gasteiger partial charge is 0.418 e. The number of nitrogens with zero attached hydrogens (tertiary/aromatic N) is 3. The number of nitrogens with one attached hydrogen (secondary N) is 3. The van der Waals surface area contributed by atoms with E-state index in [-0.39, 0.29) is 55.3 Å². The van der Waals surface area contributed by atoms with Gasteiger partial charge in [-0.15, -0.1) is 0 Å². The van der Waals surface area contributed by atoms with Crippen LogP contribution in [0, 0.1) is 0 Å². The van der Waals surface area contributed by atoms with Crippen LogP contribution in [0.1, 0.15) is 5.56 Å². The number of aromatic nitrogens is 2. The number of aromatic hydroxyl groups is 1. The lowest BCUT2D eigenvalue weighted by Crippen LogP contribution is -2.38. The monoisotopic (exact) mass is 566 g/mol. The van der Waals surface area contributed by atoms with Crippen LogP contribution in [0.3, 0.4) is 0 Å². The molecule has 0 spiro atoms. The second kappa shape index (κ2) is 12.0. The third-order valence-corrected chi connectivity index (χ3v) is 6.01. The lowest BCUT2D eigenvalue weighted by atomic mass is 10.1. The number of ether oxygens (including phenoxy) is 2. The average Bonchev–Trinajstić information content (AvgIpc) is 2.95. The molecule has 10 nitrogen and oxygen atoms in total. The van der Waals surface area contributed by atoms with E-state index in [9.17, 15) is 23.1 Å². The van der Waals surface area contributed by atoms with Gasteiger partial charge in [0.15, 0.2) is 0 Å². The molecule has 0 saturated carbocycles. The molecule has 1 aliphatic rings. The van der Waals surface area contributed by atoms with Crippen molar-refractivity contribution >= 4 is 34.7 Å². The lowest BCUT2D eigenvalue weighted by Gasteiger charge is -2.32. The van der Waals surface area contributed by atoms with Gasteiger partial charge in [-0.1, -0.05) is 6.07 Å². The molecule has 1 fully saturated rings. The molecule has 0 unspecified atom stereocenters. The van der Waals surface area contributed by atoms with Crippen LogP contribution in [0.2, 0.25) is 0 Å². The number of para-hydroxylation sites is 1. The number of carbonyl (C=O) groups is 1. The molecule has 0 radical (unpaired) electrons. The summed E-state index contributed by atoms with van der Waals surface area (Å²) in [4.78, 5) is 22.7. The van der Waals surface area contributed by atoms with Crippen molar-refractivity contribution in [2.45, 2.75) is 6.18 Å². The van der Waals surface area contributed by atoms with Crippen molar-refractivity contribution in [1.29, 1.82) is 0 Å². The summed E-state index contributed by atoms with van der Waals surface area (Å²) in [5, 5.41) is 17.6. The SMILES string of the molecule is O=C(Nc1ccc(Oc2ccnc(Nc3ccc(O)cc3)n2)cc1)Nc1cccc(C(F)(F)F)c1N1CCOCC1. The zero-order valence-electron chi connectivity index (χ0n) is 21.5. The van der Waals surface area contributed by atoms with E-state index in [1.807, 2.05) is 0 Å². The summed E-state index contributed by atoms with van der Waals surface area (Å²) in [7, 11) is 0. The van der Waals surface area contributed by atoms with Gasteiger partial charge in [-0.25, -0.2) is 9.78 Å². The Morgan fingerprint density at radius 3 is 2.34 bits per heavy atom. The highest BCUT2D eigenvalue weighted by molar-refractivity contribution is 6.02. The molecule has 4 aromatic rings. The van der Waals surface area contributed by atoms with Crippen molar-refractivity contribution in [3.05, 3.63) is 84.6 Å². The van der Waals surface area contributed by atoms with E-state index in [1.165, 1.54) is 30.5 Å². The van der Waals surface area contributed by atoms with Crippen LogP contribution in [-0.4, -0.2) is 47.4 Å². The first-order valence-corrected chi connectivity index (χ1v) is 12.5. The highest BCUT2D eigenvalue weighted by atomic mass is 19.4. The molecule has 41 heavy (non-hydrogen) atoms. The van der Waals surface area contributed by atoms with Crippen LogP contribution >= 0.6 is 0 Å². The summed E-state index contributed by atoms with van der Waals surface area (Å²) in [6.45, 7) is 1.12. The fourth-order valence-electron chi connectivity index (χ4n) is 4.15. The van der Waals surface area contributed by atoms with Gasteiger partial charge < -0.3 is 35.4 Å². The van der Waals surface area contributed by atoms with Crippen LogP contribution < -0.4 is 25.6 Å². The zero-order valence-corrected chi connectivity index (χ0v) is 21.5. The van der Waals surface area contributed by atoms with E-state index in [2.05, 4.69) is 25.9 Å². The van der Waals surface area contributed by atoms with Gasteiger partial charge in [0.2, 0.25) is 11.8 Å². The number of amides is 2. The minimum absolute atomic E-state index is 0.0413. The van der Waals surface area contributed by atoms with Gasteiger partial charge in [-0.2, -0.15) is 18.2 Å². The van der Waals surface area contributed by atoms with Crippen molar-refractivity contribution in [2.75, 3.05) is 47.2 Å². The molecule has 1 aromatic heterocycles. The third-order valence-electron chi connectivity index (χ3n) is 6.01. The summed E-state index contributed by atoms with van der Waals surface area (Å²) in [5.41, 5.74) is 0.193. The predicted molar refractivity (Wildman–Crippen MR) is 147 cm³/mol. The minimum Gasteiger partial charge on any atom is -0.508 e. The molecule has 13 heteroatoms. The van der Waals surface area contributed by atoms with Gasteiger partial charge in [0, 0.05) is 36.7 Å². The molecule has 2 amide bonds. The second-order valence-corrected chi connectivity index (χ2v) is 8.89. The number of morpholine rings is 1. The Morgan fingerprint density at radius 2 is 1.63 bits per heavy atom. The number of urea groups is 1. The van der Waals surface area contributed by atoms with Gasteiger partial charge in [0.1, 0.15) is 11.5 Å². The zero-order chi connectivity index (χ0) is 28.8. The first-order chi connectivity index (χ1) is 19.7. The molecule has 0 atom stereocenters. The number of benzene rings is 3. The highest BCUT2D eigenvalue weighted by Crippen LogP contribution is 2.41. The molecule has 0 bridgehead atoms. The number of phenolic OH excluding ortho intramolecular Hbond substituents is 1. The number of hydrogen-bond acceptors (Lipinski definition) is 8. The number of carbonyl (C=O) groups excluding carboxylic acids is 1. The molecule has 3 aromatic carbocycles. The Morgan fingerprint density at radius 1 is 0.927 bits per heavy atom. The number of phenols is 1. The van der Waals surface area contributed by atoms with Gasteiger partial charge in [0.25, 0.3) is 0 Å². The largest absolute Gasteiger partial charge is 0.508 e. The maximum atomic E-state index is 13.8. The van der Waals surface area contributed by atoms with Gasteiger partial charge in [-0.05, 0) is 60.7 Å². The topological polar surface area (TPSA) is 121 Å². The Kier molecular flexibility index (Phi) is 8.06. The summed E-state index contributed by atoms with van der Waals surface area (Å²) < 4.78 is 52.4. The first kappa shape index (κ1) is 27.5. The van der Waals surface area contributed by atoms with E-state index >= 15 is 0 Å². The van der Waals surface area contributed by atoms with Crippen LogP contribution in [0.5, 0.6) is 17.4 Å². The summed E-state index contributed by atoms with van der Waals surface area (Å²) in [6.07, 6.45) is -3.08. The van der Waals surface area contributed by atoms with Gasteiger partial charge in [0.05, 0.1) is 30.2 Å². The maximum absolute atomic E-state index is 13.8. The Balaban J connectivity index is 1.23. The normalized spacial score (nSPS) is 13.4. The number of anilines is 5. The Bertz CT molecular complexity index is 1490. The van der Waals surface area contributed by atoms with Crippen molar-refractivity contribution in [3.8, 4) is 17.4 Å². The fraction of sp³-hybridized carbons (Fsp3) is 0.179. The van der Waals surface area contributed by atoms with E-state index < -0.39 is 17.8 Å². The van der Waals surface area contributed by atoms with Crippen molar-refractivity contribution in [2.24, 2.45) is 0 Å².